The summed E-state index contributed by atoms with van der Waals surface area (Å²) in [7, 11) is 0. The first-order valence-electron chi connectivity index (χ1n) is 7.79. The highest BCUT2D eigenvalue weighted by Gasteiger charge is 2.17. The Bertz CT molecular complexity index is 873. The minimum absolute atomic E-state index is 0.00482. The Labute approximate surface area is 150 Å². The van der Waals surface area contributed by atoms with Crippen LogP contribution in [0.2, 0.25) is 0 Å². The van der Waals surface area contributed by atoms with Gasteiger partial charge >= 0.3 is 0 Å². The summed E-state index contributed by atoms with van der Waals surface area (Å²) in [5.74, 6) is 0.00482. The molecule has 3 aromatic carbocycles. The lowest BCUT2D eigenvalue weighted by Gasteiger charge is -2.23. The standard InChI is InChI=1S/C21H18BrNO/c1-16(22)14-23(15-17-7-3-2-4-8-17)21(24)20-12-11-18-9-5-6-10-19(18)13-20/h2-13H,1,14-15H2. The van der Waals surface area contributed by atoms with Crippen LogP contribution in [0, 0.1) is 0 Å². The first kappa shape index (κ1) is 16.5. The van der Waals surface area contributed by atoms with Gasteiger partial charge in [0.25, 0.3) is 5.91 Å². The monoisotopic (exact) mass is 379 g/mol. The Hall–Kier alpha value is -2.39. The Morgan fingerprint density at radius 2 is 1.58 bits per heavy atom. The van der Waals surface area contributed by atoms with Crippen molar-refractivity contribution < 1.29 is 4.79 Å². The van der Waals surface area contributed by atoms with Crippen LogP contribution in [0.15, 0.2) is 83.9 Å². The molecule has 0 atom stereocenters. The molecule has 0 bridgehead atoms. The third kappa shape index (κ3) is 3.92. The molecular weight excluding hydrogens is 362 g/mol. The fourth-order valence-electron chi connectivity index (χ4n) is 2.72. The van der Waals surface area contributed by atoms with Crippen LogP contribution in [0.1, 0.15) is 15.9 Å². The maximum atomic E-state index is 13.0. The summed E-state index contributed by atoms with van der Waals surface area (Å²) in [5, 5.41) is 2.20. The van der Waals surface area contributed by atoms with Gasteiger partial charge in [0.1, 0.15) is 0 Å². The molecule has 0 aliphatic carbocycles. The van der Waals surface area contributed by atoms with Gasteiger partial charge in [-0.2, -0.15) is 0 Å². The number of rotatable bonds is 5. The first-order valence-corrected chi connectivity index (χ1v) is 8.58. The van der Waals surface area contributed by atoms with E-state index in [0.717, 1.165) is 20.8 Å². The molecule has 0 N–H and O–H groups in total. The second-order valence-electron chi connectivity index (χ2n) is 5.73. The normalized spacial score (nSPS) is 10.5. The van der Waals surface area contributed by atoms with E-state index in [1.807, 2.05) is 72.8 Å². The van der Waals surface area contributed by atoms with Crippen LogP contribution < -0.4 is 0 Å². The number of benzene rings is 3. The fourth-order valence-corrected chi connectivity index (χ4v) is 3.02. The third-order valence-electron chi connectivity index (χ3n) is 3.86. The zero-order valence-electron chi connectivity index (χ0n) is 13.3. The maximum absolute atomic E-state index is 13.0. The summed E-state index contributed by atoms with van der Waals surface area (Å²) < 4.78 is 0.785. The number of hydrogen-bond acceptors (Lipinski definition) is 1. The van der Waals surface area contributed by atoms with Gasteiger partial charge in [-0.05, 0) is 28.5 Å². The molecule has 3 rings (SSSR count). The number of halogens is 1. The van der Waals surface area contributed by atoms with E-state index in [0.29, 0.717) is 18.7 Å². The molecule has 3 heteroatoms. The van der Waals surface area contributed by atoms with Crippen molar-refractivity contribution in [3.63, 3.8) is 0 Å². The van der Waals surface area contributed by atoms with Gasteiger partial charge < -0.3 is 4.90 Å². The Balaban J connectivity index is 1.90. The van der Waals surface area contributed by atoms with Gasteiger partial charge in [-0.25, -0.2) is 0 Å². The van der Waals surface area contributed by atoms with Crippen molar-refractivity contribution in [2.75, 3.05) is 6.54 Å². The zero-order chi connectivity index (χ0) is 16.9. The molecule has 0 spiro atoms. The van der Waals surface area contributed by atoms with Gasteiger partial charge in [-0.1, -0.05) is 83.2 Å². The smallest absolute Gasteiger partial charge is 0.254 e. The lowest BCUT2D eigenvalue weighted by Crippen LogP contribution is -2.31. The number of carbonyl (C=O) groups is 1. The number of hydrogen-bond donors (Lipinski definition) is 0. The van der Waals surface area contributed by atoms with E-state index in [1.165, 1.54) is 0 Å². The average molecular weight is 380 g/mol. The van der Waals surface area contributed by atoms with Gasteiger partial charge in [0, 0.05) is 16.6 Å². The molecule has 0 heterocycles. The first-order chi connectivity index (χ1) is 11.6. The molecule has 1 amide bonds. The van der Waals surface area contributed by atoms with Crippen LogP contribution in [-0.4, -0.2) is 17.4 Å². The van der Waals surface area contributed by atoms with Gasteiger partial charge in [-0.3, -0.25) is 4.79 Å². The number of nitrogens with zero attached hydrogens (tertiary/aromatic N) is 1. The predicted molar refractivity (Wildman–Crippen MR) is 103 cm³/mol. The minimum Gasteiger partial charge on any atom is -0.329 e. The molecule has 24 heavy (non-hydrogen) atoms. The van der Waals surface area contributed by atoms with E-state index in [4.69, 9.17) is 0 Å². The Kier molecular flexibility index (Phi) is 5.11. The molecule has 2 nitrogen and oxygen atoms in total. The van der Waals surface area contributed by atoms with Gasteiger partial charge in [0.15, 0.2) is 0 Å². The Morgan fingerprint density at radius 3 is 2.29 bits per heavy atom. The van der Waals surface area contributed by atoms with Crippen LogP contribution >= 0.6 is 15.9 Å². The third-order valence-corrected chi connectivity index (χ3v) is 4.11. The second kappa shape index (κ2) is 7.45. The highest BCUT2D eigenvalue weighted by atomic mass is 79.9. The molecule has 0 aliphatic rings. The molecule has 120 valence electrons. The SMILES string of the molecule is C=C(Br)CN(Cc1ccccc1)C(=O)c1ccc2ccccc2c1. The molecule has 0 aliphatic heterocycles. The van der Waals surface area contributed by atoms with E-state index >= 15 is 0 Å². The number of fused-ring (bicyclic) bond motifs is 1. The summed E-state index contributed by atoms with van der Waals surface area (Å²) >= 11 is 3.38. The van der Waals surface area contributed by atoms with Crippen molar-refractivity contribution in [3.8, 4) is 0 Å². The fraction of sp³-hybridized carbons (Fsp3) is 0.0952. The number of amides is 1. The minimum atomic E-state index is 0.00482. The summed E-state index contributed by atoms with van der Waals surface area (Å²) in [6.45, 7) is 4.91. The zero-order valence-corrected chi connectivity index (χ0v) is 14.9. The highest BCUT2D eigenvalue weighted by molar-refractivity contribution is 9.11. The van der Waals surface area contributed by atoms with Crippen LogP contribution in [0.4, 0.5) is 0 Å². The topological polar surface area (TPSA) is 20.3 Å². The van der Waals surface area contributed by atoms with Crippen molar-refractivity contribution in [3.05, 3.63) is 95.0 Å². The van der Waals surface area contributed by atoms with E-state index in [-0.39, 0.29) is 5.91 Å². The predicted octanol–water partition coefficient (Wildman–Crippen LogP) is 5.39. The lowest BCUT2D eigenvalue weighted by molar-refractivity contribution is 0.0762. The largest absolute Gasteiger partial charge is 0.329 e. The van der Waals surface area contributed by atoms with E-state index in [2.05, 4.69) is 22.5 Å². The van der Waals surface area contributed by atoms with Gasteiger partial charge in [0.05, 0.1) is 6.54 Å². The molecule has 0 aromatic heterocycles. The molecule has 0 saturated carbocycles. The van der Waals surface area contributed by atoms with Crippen molar-refractivity contribution in [1.29, 1.82) is 0 Å². The Morgan fingerprint density at radius 1 is 0.917 bits per heavy atom. The van der Waals surface area contributed by atoms with Crippen LogP contribution in [0.25, 0.3) is 10.8 Å². The summed E-state index contributed by atoms with van der Waals surface area (Å²) in [6, 6.07) is 23.9. The molecule has 0 radical (unpaired) electrons. The van der Waals surface area contributed by atoms with Crippen molar-refractivity contribution in [2.45, 2.75) is 6.54 Å². The molecular formula is C21H18BrNO. The quantitative estimate of drug-likeness (QED) is 0.581. The van der Waals surface area contributed by atoms with E-state index in [1.54, 1.807) is 4.90 Å². The summed E-state index contributed by atoms with van der Waals surface area (Å²) in [4.78, 5) is 14.8. The van der Waals surface area contributed by atoms with Crippen LogP contribution in [0.5, 0.6) is 0 Å². The number of carbonyl (C=O) groups excluding carboxylic acids is 1. The van der Waals surface area contributed by atoms with Crippen molar-refractivity contribution in [1.82, 2.24) is 4.90 Å². The van der Waals surface area contributed by atoms with Crippen LogP contribution in [0.3, 0.4) is 0 Å². The van der Waals surface area contributed by atoms with E-state index < -0.39 is 0 Å². The summed E-state index contributed by atoms with van der Waals surface area (Å²) in [6.07, 6.45) is 0. The lowest BCUT2D eigenvalue weighted by atomic mass is 10.1. The average Bonchev–Trinajstić information content (AvgIpc) is 2.60. The highest BCUT2D eigenvalue weighted by Crippen LogP contribution is 2.19. The van der Waals surface area contributed by atoms with Gasteiger partial charge in [0.2, 0.25) is 0 Å². The maximum Gasteiger partial charge on any atom is 0.254 e. The van der Waals surface area contributed by atoms with Gasteiger partial charge in [-0.15, -0.1) is 0 Å². The summed E-state index contributed by atoms with van der Waals surface area (Å²) in [5.41, 5.74) is 1.79. The molecule has 3 aromatic rings. The molecule has 0 unspecified atom stereocenters. The van der Waals surface area contributed by atoms with Crippen molar-refractivity contribution >= 4 is 32.6 Å². The van der Waals surface area contributed by atoms with Crippen molar-refractivity contribution in [2.24, 2.45) is 0 Å². The van der Waals surface area contributed by atoms with E-state index in [9.17, 15) is 4.79 Å². The second-order valence-corrected chi connectivity index (χ2v) is 6.85. The molecule has 0 saturated heterocycles. The van der Waals surface area contributed by atoms with Crippen LogP contribution in [-0.2, 0) is 6.54 Å². The molecule has 0 fully saturated rings.